The fraction of sp³-hybridized carbons (Fsp3) is 0. The van der Waals surface area contributed by atoms with Gasteiger partial charge in [0.2, 0.25) is 0 Å². The number of aldehydes is 1. The van der Waals surface area contributed by atoms with E-state index in [0.717, 1.165) is 0 Å². The Bertz CT molecular complexity index is 437. The van der Waals surface area contributed by atoms with Gasteiger partial charge in [-0.1, -0.05) is 5.92 Å². The fourth-order valence-electron chi connectivity index (χ4n) is 0.903. The Labute approximate surface area is 79.8 Å². The van der Waals surface area contributed by atoms with E-state index in [0.29, 0.717) is 11.8 Å². The number of carbonyl (C=O) groups excluding carboxylic acids is 1. The number of phenols is 1. The van der Waals surface area contributed by atoms with Crippen molar-refractivity contribution < 1.29 is 19.8 Å². The second-order valence-electron chi connectivity index (χ2n) is 2.42. The fourth-order valence-corrected chi connectivity index (χ4v) is 0.903. The lowest BCUT2D eigenvalue weighted by Crippen LogP contribution is -1.96. The van der Waals surface area contributed by atoms with E-state index in [2.05, 4.69) is 11.8 Å². The topological polar surface area (TPSA) is 74.6 Å². The molecule has 0 saturated heterocycles. The molecule has 0 fully saturated rings. The van der Waals surface area contributed by atoms with Crippen molar-refractivity contribution >= 4 is 12.3 Å². The molecule has 0 radical (unpaired) electrons. The van der Waals surface area contributed by atoms with Crippen LogP contribution in [0.4, 0.5) is 0 Å². The van der Waals surface area contributed by atoms with Crippen molar-refractivity contribution in [2.24, 2.45) is 0 Å². The van der Waals surface area contributed by atoms with Crippen LogP contribution in [0.2, 0.25) is 0 Å². The van der Waals surface area contributed by atoms with Crippen LogP contribution in [0.15, 0.2) is 18.2 Å². The first-order valence-corrected chi connectivity index (χ1v) is 3.66. The molecule has 0 aliphatic rings. The SMILES string of the molecule is O=CC#Cc1ccc(C(=O)O)c(O)c1. The summed E-state index contributed by atoms with van der Waals surface area (Å²) in [6, 6.07) is 3.84. The zero-order chi connectivity index (χ0) is 10.6. The quantitative estimate of drug-likeness (QED) is 0.503. The van der Waals surface area contributed by atoms with Gasteiger partial charge in [-0.25, -0.2) is 4.79 Å². The van der Waals surface area contributed by atoms with Gasteiger partial charge in [0.15, 0.2) is 6.29 Å². The van der Waals surface area contributed by atoms with Crippen molar-refractivity contribution in [3.8, 4) is 17.6 Å². The second kappa shape index (κ2) is 4.10. The van der Waals surface area contributed by atoms with E-state index >= 15 is 0 Å². The van der Waals surface area contributed by atoms with Crippen molar-refractivity contribution in [2.45, 2.75) is 0 Å². The minimum Gasteiger partial charge on any atom is -0.507 e. The third-order valence-corrected chi connectivity index (χ3v) is 1.50. The third-order valence-electron chi connectivity index (χ3n) is 1.50. The summed E-state index contributed by atoms with van der Waals surface area (Å²) in [4.78, 5) is 20.4. The van der Waals surface area contributed by atoms with Gasteiger partial charge < -0.3 is 10.2 Å². The molecule has 0 amide bonds. The van der Waals surface area contributed by atoms with Crippen molar-refractivity contribution in [3.63, 3.8) is 0 Å². The van der Waals surface area contributed by atoms with E-state index in [1.54, 1.807) is 0 Å². The summed E-state index contributed by atoms with van der Waals surface area (Å²) in [5, 5.41) is 17.8. The highest BCUT2D eigenvalue weighted by molar-refractivity contribution is 5.91. The highest BCUT2D eigenvalue weighted by atomic mass is 16.4. The van der Waals surface area contributed by atoms with Gasteiger partial charge >= 0.3 is 5.97 Å². The molecule has 0 heterocycles. The Morgan fingerprint density at radius 2 is 2.14 bits per heavy atom. The second-order valence-corrected chi connectivity index (χ2v) is 2.42. The maximum absolute atomic E-state index is 10.5. The molecule has 0 saturated carbocycles. The highest BCUT2D eigenvalue weighted by Crippen LogP contribution is 2.17. The third kappa shape index (κ3) is 2.11. The molecule has 0 aliphatic heterocycles. The number of rotatable bonds is 1. The van der Waals surface area contributed by atoms with Gasteiger partial charge in [-0.05, 0) is 24.1 Å². The molecule has 0 spiro atoms. The Balaban J connectivity index is 3.12. The molecule has 0 atom stereocenters. The average Bonchev–Trinajstić information content (AvgIpc) is 2.14. The van der Waals surface area contributed by atoms with Crippen LogP contribution in [-0.4, -0.2) is 22.5 Å². The first-order chi connectivity index (χ1) is 6.65. The summed E-state index contributed by atoms with van der Waals surface area (Å²) >= 11 is 0. The lowest BCUT2D eigenvalue weighted by atomic mass is 10.1. The van der Waals surface area contributed by atoms with E-state index in [-0.39, 0.29) is 11.3 Å². The van der Waals surface area contributed by atoms with Gasteiger partial charge in [0, 0.05) is 5.56 Å². The van der Waals surface area contributed by atoms with Gasteiger partial charge in [-0.15, -0.1) is 0 Å². The molecular weight excluding hydrogens is 184 g/mol. The minimum atomic E-state index is -1.21. The molecule has 0 unspecified atom stereocenters. The molecule has 4 heteroatoms. The van der Waals surface area contributed by atoms with Crippen LogP contribution in [0.5, 0.6) is 5.75 Å². The Morgan fingerprint density at radius 3 is 2.64 bits per heavy atom. The van der Waals surface area contributed by atoms with Crippen LogP contribution in [0, 0.1) is 11.8 Å². The number of carbonyl (C=O) groups is 2. The van der Waals surface area contributed by atoms with Crippen LogP contribution in [0.25, 0.3) is 0 Å². The first-order valence-electron chi connectivity index (χ1n) is 3.66. The molecule has 1 rings (SSSR count). The zero-order valence-electron chi connectivity index (χ0n) is 7.02. The summed E-state index contributed by atoms with van der Waals surface area (Å²) in [5.41, 5.74) is 0.196. The summed E-state index contributed by atoms with van der Waals surface area (Å²) in [5.74, 6) is 3.01. The molecule has 0 aliphatic carbocycles. The lowest BCUT2D eigenvalue weighted by molar-refractivity contribution is -0.103. The average molecular weight is 190 g/mol. The van der Waals surface area contributed by atoms with Crippen LogP contribution < -0.4 is 0 Å². The Hall–Kier alpha value is -2.28. The monoisotopic (exact) mass is 190 g/mol. The van der Waals surface area contributed by atoms with Gasteiger partial charge in [0.25, 0.3) is 0 Å². The zero-order valence-corrected chi connectivity index (χ0v) is 7.02. The van der Waals surface area contributed by atoms with Gasteiger partial charge in [0.1, 0.15) is 11.3 Å². The number of hydrogen-bond donors (Lipinski definition) is 2. The molecule has 1 aromatic rings. The molecule has 2 N–H and O–H groups in total. The lowest BCUT2D eigenvalue weighted by Gasteiger charge is -1.98. The maximum atomic E-state index is 10.5. The van der Waals surface area contributed by atoms with Crippen LogP contribution >= 0.6 is 0 Å². The maximum Gasteiger partial charge on any atom is 0.339 e. The normalized spacial score (nSPS) is 8.57. The number of carboxylic acids is 1. The predicted octanol–water partition coefficient (Wildman–Crippen LogP) is 0.641. The molecule has 14 heavy (non-hydrogen) atoms. The van der Waals surface area contributed by atoms with Gasteiger partial charge in [0.05, 0.1) is 0 Å². The molecule has 70 valence electrons. The Morgan fingerprint density at radius 1 is 1.43 bits per heavy atom. The summed E-state index contributed by atoms with van der Waals surface area (Å²) in [6.45, 7) is 0. The Kier molecular flexibility index (Phi) is 2.87. The van der Waals surface area contributed by atoms with Gasteiger partial charge in [-0.2, -0.15) is 0 Å². The number of hydrogen-bond acceptors (Lipinski definition) is 3. The van der Waals surface area contributed by atoms with E-state index < -0.39 is 5.97 Å². The summed E-state index contributed by atoms with van der Waals surface area (Å²) in [6.07, 6.45) is 0.419. The molecule has 0 aromatic heterocycles. The summed E-state index contributed by atoms with van der Waals surface area (Å²) in [7, 11) is 0. The number of aromatic carboxylic acids is 1. The minimum absolute atomic E-state index is 0.193. The molecule has 0 bridgehead atoms. The molecule has 4 nitrogen and oxygen atoms in total. The van der Waals surface area contributed by atoms with Crippen molar-refractivity contribution in [2.75, 3.05) is 0 Å². The van der Waals surface area contributed by atoms with Crippen molar-refractivity contribution in [1.29, 1.82) is 0 Å². The highest BCUT2D eigenvalue weighted by Gasteiger charge is 2.08. The van der Waals surface area contributed by atoms with E-state index in [9.17, 15) is 14.7 Å². The first kappa shape index (κ1) is 9.81. The van der Waals surface area contributed by atoms with E-state index in [1.807, 2.05) is 0 Å². The van der Waals surface area contributed by atoms with Crippen molar-refractivity contribution in [3.05, 3.63) is 29.3 Å². The van der Waals surface area contributed by atoms with Crippen molar-refractivity contribution in [1.82, 2.24) is 0 Å². The largest absolute Gasteiger partial charge is 0.507 e. The number of aromatic hydroxyl groups is 1. The van der Waals surface area contributed by atoms with Crippen LogP contribution in [0.3, 0.4) is 0 Å². The van der Waals surface area contributed by atoms with E-state index in [4.69, 9.17) is 5.11 Å². The molecular formula is C10H6O4. The molecule has 1 aromatic carbocycles. The van der Waals surface area contributed by atoms with Gasteiger partial charge in [-0.3, -0.25) is 4.79 Å². The number of carboxylic acid groups (broad SMARTS) is 1. The van der Waals surface area contributed by atoms with E-state index in [1.165, 1.54) is 18.2 Å². The standard InChI is InChI=1S/C10H6O4/c11-5-1-2-7-3-4-8(10(13)14)9(12)6-7/h3-6,12H,(H,13,14). The van der Waals surface area contributed by atoms with Crippen LogP contribution in [0.1, 0.15) is 15.9 Å². The smallest absolute Gasteiger partial charge is 0.339 e. The predicted molar refractivity (Wildman–Crippen MR) is 48.0 cm³/mol. The summed E-state index contributed by atoms with van der Waals surface area (Å²) < 4.78 is 0. The number of benzene rings is 1. The van der Waals surface area contributed by atoms with Crippen LogP contribution in [-0.2, 0) is 4.79 Å².